The topological polar surface area (TPSA) is 56.0 Å². The SMILES string of the molecule is NC(=O)c1cc(Br)ncc1[As]c1ccc(I)cc1F. The molecule has 1 amide bonds. The van der Waals surface area contributed by atoms with E-state index in [2.05, 4.69) is 43.5 Å². The summed E-state index contributed by atoms with van der Waals surface area (Å²) in [6.45, 7) is 0. The van der Waals surface area contributed by atoms with Crippen LogP contribution in [0.25, 0.3) is 0 Å². The van der Waals surface area contributed by atoms with Crippen LogP contribution in [-0.4, -0.2) is 26.6 Å². The van der Waals surface area contributed by atoms with Gasteiger partial charge in [0.15, 0.2) is 0 Å². The number of primary amides is 1. The van der Waals surface area contributed by atoms with E-state index in [0.717, 1.165) is 3.57 Å². The first-order chi connectivity index (χ1) is 8.97. The number of amides is 1. The fourth-order valence-corrected chi connectivity index (χ4v) is 4.27. The van der Waals surface area contributed by atoms with E-state index >= 15 is 0 Å². The predicted octanol–water partition coefficient (Wildman–Crippen LogP) is 1.34. The second-order valence-electron chi connectivity index (χ2n) is 3.60. The van der Waals surface area contributed by atoms with E-state index in [4.69, 9.17) is 5.73 Å². The molecule has 0 bridgehead atoms. The van der Waals surface area contributed by atoms with E-state index in [-0.39, 0.29) is 5.82 Å². The number of nitrogens with two attached hydrogens (primary N) is 1. The minimum atomic E-state index is -0.672. The van der Waals surface area contributed by atoms with Gasteiger partial charge < -0.3 is 0 Å². The quantitative estimate of drug-likeness (QED) is 0.397. The number of hydrogen-bond donors (Lipinski definition) is 1. The van der Waals surface area contributed by atoms with Gasteiger partial charge in [-0.1, -0.05) is 0 Å². The average Bonchev–Trinajstić information content (AvgIpc) is 2.34. The van der Waals surface area contributed by atoms with Crippen LogP contribution in [0.4, 0.5) is 4.39 Å². The van der Waals surface area contributed by atoms with Gasteiger partial charge in [-0.15, -0.1) is 0 Å². The van der Waals surface area contributed by atoms with E-state index in [1.807, 2.05) is 6.07 Å². The van der Waals surface area contributed by atoms with Crippen LogP contribution in [0.2, 0.25) is 0 Å². The Hall–Kier alpha value is -0.462. The Kier molecular flexibility index (Phi) is 4.97. The molecular formula is C12H7AsBrFIN2O. The van der Waals surface area contributed by atoms with E-state index < -0.39 is 21.7 Å². The first-order valence-corrected chi connectivity index (χ1v) is 8.84. The molecule has 97 valence electrons. The van der Waals surface area contributed by atoms with Crippen LogP contribution in [0.1, 0.15) is 10.4 Å². The molecule has 0 aliphatic carbocycles. The molecule has 19 heavy (non-hydrogen) atoms. The molecular weight excluding hydrogens is 489 g/mol. The third-order valence-corrected chi connectivity index (χ3v) is 5.89. The van der Waals surface area contributed by atoms with Crippen molar-refractivity contribution in [2.24, 2.45) is 5.73 Å². The van der Waals surface area contributed by atoms with Crippen molar-refractivity contribution in [3.63, 3.8) is 0 Å². The van der Waals surface area contributed by atoms with E-state index in [1.54, 1.807) is 18.3 Å². The molecule has 1 radical (unpaired) electrons. The van der Waals surface area contributed by atoms with Crippen LogP contribution in [-0.2, 0) is 0 Å². The Balaban J connectivity index is 2.40. The molecule has 1 aromatic heterocycles. The van der Waals surface area contributed by atoms with Gasteiger partial charge in [-0.2, -0.15) is 0 Å². The first-order valence-electron chi connectivity index (χ1n) is 5.09. The summed E-state index contributed by atoms with van der Waals surface area (Å²) in [5.74, 6) is -0.787. The van der Waals surface area contributed by atoms with E-state index in [9.17, 15) is 9.18 Å². The Morgan fingerprint density at radius 1 is 1.37 bits per heavy atom. The summed E-state index contributed by atoms with van der Waals surface area (Å²) in [4.78, 5) is 15.5. The molecule has 7 heteroatoms. The molecule has 1 aromatic carbocycles. The summed E-state index contributed by atoms with van der Waals surface area (Å²) < 4.78 is 16.5. The molecule has 0 aliphatic heterocycles. The van der Waals surface area contributed by atoms with Crippen molar-refractivity contribution in [3.05, 3.63) is 50.0 Å². The van der Waals surface area contributed by atoms with E-state index in [1.165, 1.54) is 6.07 Å². The van der Waals surface area contributed by atoms with Gasteiger partial charge in [0, 0.05) is 0 Å². The summed E-state index contributed by atoms with van der Waals surface area (Å²) >= 11 is 4.57. The Morgan fingerprint density at radius 2 is 2.11 bits per heavy atom. The van der Waals surface area contributed by atoms with Gasteiger partial charge in [-0.05, 0) is 0 Å². The molecule has 3 nitrogen and oxygen atoms in total. The third-order valence-electron chi connectivity index (χ3n) is 2.27. The zero-order valence-electron chi connectivity index (χ0n) is 9.40. The number of carbonyl (C=O) groups excluding carboxylic acids is 1. The minimum absolute atomic E-state index is 0.259. The van der Waals surface area contributed by atoms with Crippen LogP contribution in [0.5, 0.6) is 0 Å². The monoisotopic (exact) mass is 495 g/mol. The number of pyridine rings is 1. The third kappa shape index (κ3) is 3.76. The van der Waals surface area contributed by atoms with E-state index in [0.29, 0.717) is 18.9 Å². The van der Waals surface area contributed by atoms with Crippen molar-refractivity contribution in [2.45, 2.75) is 0 Å². The van der Waals surface area contributed by atoms with Crippen molar-refractivity contribution in [2.75, 3.05) is 0 Å². The maximum absolute atomic E-state index is 13.8. The summed E-state index contributed by atoms with van der Waals surface area (Å²) in [5, 5.41) is 0. The van der Waals surface area contributed by atoms with Crippen LogP contribution < -0.4 is 14.4 Å². The Bertz CT molecular complexity index is 654. The molecule has 2 aromatic rings. The molecule has 0 saturated heterocycles. The fourth-order valence-electron chi connectivity index (χ4n) is 1.41. The summed E-state index contributed by atoms with van der Waals surface area (Å²) in [5.41, 5.74) is 5.72. The summed E-state index contributed by atoms with van der Waals surface area (Å²) in [6, 6.07) is 6.62. The number of carbonyl (C=O) groups is 1. The maximum atomic E-state index is 13.8. The van der Waals surface area contributed by atoms with Crippen molar-refractivity contribution in [1.82, 2.24) is 4.98 Å². The normalized spacial score (nSPS) is 11.1. The second-order valence-corrected chi connectivity index (χ2v) is 8.14. The van der Waals surface area contributed by atoms with Crippen molar-refractivity contribution in [1.29, 1.82) is 0 Å². The first kappa shape index (κ1) is 14.9. The zero-order chi connectivity index (χ0) is 14.0. The van der Waals surface area contributed by atoms with Gasteiger partial charge in [0.05, 0.1) is 0 Å². The van der Waals surface area contributed by atoms with Crippen LogP contribution in [0, 0.1) is 9.39 Å². The van der Waals surface area contributed by atoms with Crippen LogP contribution >= 0.6 is 38.5 Å². The van der Waals surface area contributed by atoms with Crippen LogP contribution in [0.3, 0.4) is 0 Å². The molecule has 0 saturated carbocycles. The zero-order valence-corrected chi connectivity index (χ0v) is 15.0. The molecule has 1 heterocycles. The predicted molar refractivity (Wildman–Crippen MR) is 84.6 cm³/mol. The van der Waals surface area contributed by atoms with Crippen molar-refractivity contribution in [3.8, 4) is 0 Å². The summed E-state index contributed by atoms with van der Waals surface area (Å²) in [6.07, 6.45) is 1.57. The standard InChI is InChI=1S/C12H7AsBrFIN2O/c14-11-4-7(12(17)19)9(5-18-11)13-8-2-1-6(16)3-10(8)15/h1-5H,(H2,17,19). The molecule has 2 rings (SSSR count). The van der Waals surface area contributed by atoms with Gasteiger partial charge in [-0.25, -0.2) is 0 Å². The number of hydrogen-bond acceptors (Lipinski definition) is 2. The average molecular weight is 496 g/mol. The van der Waals surface area contributed by atoms with Gasteiger partial charge in [-0.3, -0.25) is 0 Å². The number of aromatic nitrogens is 1. The molecule has 0 atom stereocenters. The van der Waals surface area contributed by atoms with Gasteiger partial charge in [0.2, 0.25) is 0 Å². The molecule has 0 fully saturated rings. The molecule has 2 N–H and O–H groups in total. The Morgan fingerprint density at radius 3 is 2.74 bits per heavy atom. The second kappa shape index (κ2) is 6.33. The molecule has 0 spiro atoms. The van der Waals surface area contributed by atoms with Gasteiger partial charge in [0.1, 0.15) is 0 Å². The number of benzene rings is 1. The van der Waals surface area contributed by atoms with Gasteiger partial charge in [0.25, 0.3) is 0 Å². The molecule has 0 aliphatic rings. The van der Waals surface area contributed by atoms with Crippen molar-refractivity contribution >= 4 is 68.9 Å². The molecule has 0 unspecified atom stereocenters. The fraction of sp³-hybridized carbons (Fsp3) is 0. The van der Waals surface area contributed by atoms with Crippen molar-refractivity contribution < 1.29 is 9.18 Å². The number of halogens is 3. The summed E-state index contributed by atoms with van der Waals surface area (Å²) in [7, 11) is 0. The van der Waals surface area contributed by atoms with Crippen LogP contribution in [0.15, 0.2) is 35.1 Å². The number of nitrogens with zero attached hydrogens (tertiary/aromatic N) is 1. The number of rotatable bonds is 3. The van der Waals surface area contributed by atoms with Gasteiger partial charge >= 0.3 is 139 Å². The Labute approximate surface area is 138 Å².